The molecule has 8 heteroatoms. The fraction of sp³-hybridized carbons (Fsp3) is 0.455. The molecule has 7 nitrogen and oxygen atoms in total. The van der Waals surface area contributed by atoms with Gasteiger partial charge in [0.1, 0.15) is 11.4 Å². The third-order valence-electron chi connectivity index (χ3n) is 3.36. The summed E-state index contributed by atoms with van der Waals surface area (Å²) >= 11 is 0. The van der Waals surface area contributed by atoms with Crippen LogP contribution >= 0.6 is 0 Å². The minimum absolute atomic E-state index is 0.0233. The lowest BCUT2D eigenvalue weighted by Crippen LogP contribution is -2.33. The van der Waals surface area contributed by atoms with Gasteiger partial charge in [0.05, 0.1) is 16.4 Å². The van der Waals surface area contributed by atoms with Crippen molar-refractivity contribution >= 4 is 26.9 Å². The second-order valence-electron chi connectivity index (χ2n) is 4.64. The minimum Gasteiger partial charge on any atom is -0.393 e. The van der Waals surface area contributed by atoms with Gasteiger partial charge >= 0.3 is 5.69 Å². The van der Waals surface area contributed by atoms with Gasteiger partial charge in [-0.15, -0.1) is 0 Å². The Bertz CT molecular complexity index is 614. The van der Waals surface area contributed by atoms with Gasteiger partial charge < -0.3 is 10.6 Å². The van der Waals surface area contributed by atoms with E-state index in [1.54, 1.807) is 24.1 Å². The summed E-state index contributed by atoms with van der Waals surface area (Å²) in [5, 5.41) is 11.1. The predicted molar refractivity (Wildman–Crippen MR) is 73.0 cm³/mol. The molecule has 1 saturated heterocycles. The molecular formula is C11H15N3O4S. The Hall–Kier alpha value is -1.83. The number of benzene rings is 1. The number of nitro groups is 1. The number of para-hydroxylation sites is 1. The van der Waals surface area contributed by atoms with Crippen molar-refractivity contribution < 1.29 is 13.3 Å². The van der Waals surface area contributed by atoms with E-state index in [1.807, 2.05) is 0 Å². The summed E-state index contributed by atoms with van der Waals surface area (Å²) in [5.41, 5.74) is 5.89. The van der Waals surface area contributed by atoms with E-state index in [2.05, 4.69) is 0 Å². The number of nitro benzene ring substituents is 1. The summed E-state index contributed by atoms with van der Waals surface area (Å²) in [6.07, 6.45) is 0.477. The maximum Gasteiger partial charge on any atom is 0.315 e. The van der Waals surface area contributed by atoms with Gasteiger partial charge in [-0.25, -0.2) is 8.42 Å². The summed E-state index contributed by atoms with van der Waals surface area (Å²) < 4.78 is 23.0. The zero-order valence-electron chi connectivity index (χ0n) is 10.4. The fourth-order valence-electron chi connectivity index (χ4n) is 2.31. The number of hydrogen-bond acceptors (Lipinski definition) is 6. The summed E-state index contributed by atoms with van der Waals surface area (Å²) in [6, 6.07) is 4.42. The summed E-state index contributed by atoms with van der Waals surface area (Å²) in [4.78, 5) is 12.2. The Morgan fingerprint density at radius 2 is 2.16 bits per heavy atom. The zero-order valence-corrected chi connectivity index (χ0v) is 11.3. The second-order valence-corrected chi connectivity index (χ2v) is 6.87. The van der Waals surface area contributed by atoms with E-state index in [1.165, 1.54) is 6.07 Å². The van der Waals surface area contributed by atoms with Gasteiger partial charge in [0, 0.05) is 13.1 Å². The molecule has 1 aliphatic rings. The van der Waals surface area contributed by atoms with Gasteiger partial charge in [-0.3, -0.25) is 10.1 Å². The molecule has 1 aromatic rings. The van der Waals surface area contributed by atoms with Crippen LogP contribution in [0, 0.1) is 10.1 Å². The lowest BCUT2D eigenvalue weighted by Gasteiger charge is -2.25. The van der Waals surface area contributed by atoms with Crippen molar-refractivity contribution in [2.45, 2.75) is 12.5 Å². The number of anilines is 2. The van der Waals surface area contributed by atoms with E-state index in [0.717, 1.165) is 0 Å². The number of nitrogens with two attached hydrogens (primary N) is 1. The molecule has 1 atom stereocenters. The summed E-state index contributed by atoms with van der Waals surface area (Å²) in [7, 11) is -1.37. The van der Waals surface area contributed by atoms with Crippen molar-refractivity contribution in [2.75, 3.05) is 29.2 Å². The van der Waals surface area contributed by atoms with Crippen LogP contribution in [0.25, 0.3) is 0 Å². The first kappa shape index (κ1) is 13.6. The SMILES string of the molecule is CN(c1cccc(N)c1[N+](=O)[O-])C1CCS(=O)(=O)C1. The molecule has 0 radical (unpaired) electrons. The molecule has 2 N–H and O–H groups in total. The summed E-state index contributed by atoms with van der Waals surface area (Å²) in [5.74, 6) is 0.146. The quantitative estimate of drug-likeness (QED) is 0.500. The number of rotatable bonds is 3. The van der Waals surface area contributed by atoms with Crippen molar-refractivity contribution in [3.63, 3.8) is 0 Å². The van der Waals surface area contributed by atoms with Crippen molar-refractivity contribution in [3.8, 4) is 0 Å². The standard InChI is InChI=1S/C11H15N3O4S/c1-13(8-5-6-19(17,18)7-8)10-4-2-3-9(12)11(10)14(15)16/h2-4,8H,5-7,12H2,1H3. The number of sulfone groups is 1. The van der Waals surface area contributed by atoms with Crippen LogP contribution in [0.1, 0.15) is 6.42 Å². The van der Waals surface area contributed by atoms with Gasteiger partial charge in [0.15, 0.2) is 9.84 Å². The van der Waals surface area contributed by atoms with Crippen LogP contribution in [-0.2, 0) is 9.84 Å². The van der Waals surface area contributed by atoms with Crippen molar-refractivity contribution in [1.29, 1.82) is 0 Å². The molecule has 0 saturated carbocycles. The maximum atomic E-state index is 11.5. The molecule has 2 rings (SSSR count). The highest BCUT2D eigenvalue weighted by atomic mass is 32.2. The Morgan fingerprint density at radius 3 is 2.68 bits per heavy atom. The predicted octanol–water partition coefficient (Wildman–Crippen LogP) is 0.800. The van der Waals surface area contributed by atoms with Crippen LogP contribution in [0.2, 0.25) is 0 Å². The average Bonchev–Trinajstić information content (AvgIpc) is 2.68. The van der Waals surface area contributed by atoms with E-state index in [9.17, 15) is 18.5 Å². The van der Waals surface area contributed by atoms with Gasteiger partial charge in [0.25, 0.3) is 0 Å². The Balaban J connectivity index is 2.37. The minimum atomic E-state index is -3.03. The topological polar surface area (TPSA) is 107 Å². The van der Waals surface area contributed by atoms with E-state index in [-0.39, 0.29) is 28.9 Å². The lowest BCUT2D eigenvalue weighted by molar-refractivity contribution is -0.383. The summed E-state index contributed by atoms with van der Waals surface area (Å²) in [6.45, 7) is 0. The van der Waals surface area contributed by atoms with E-state index >= 15 is 0 Å². The third-order valence-corrected chi connectivity index (χ3v) is 5.11. The molecule has 0 aromatic heterocycles. The highest BCUT2D eigenvalue weighted by Crippen LogP contribution is 2.35. The molecule has 0 bridgehead atoms. The van der Waals surface area contributed by atoms with Crippen molar-refractivity contribution in [3.05, 3.63) is 28.3 Å². The highest BCUT2D eigenvalue weighted by molar-refractivity contribution is 7.91. The van der Waals surface area contributed by atoms with E-state index < -0.39 is 14.8 Å². The van der Waals surface area contributed by atoms with Crippen LogP contribution in [0.3, 0.4) is 0 Å². The van der Waals surface area contributed by atoms with Gasteiger partial charge in [0.2, 0.25) is 0 Å². The molecule has 1 aromatic carbocycles. The molecular weight excluding hydrogens is 270 g/mol. The van der Waals surface area contributed by atoms with E-state index in [4.69, 9.17) is 5.73 Å². The van der Waals surface area contributed by atoms with Crippen LogP contribution in [0.5, 0.6) is 0 Å². The highest BCUT2D eigenvalue weighted by Gasteiger charge is 2.33. The maximum absolute atomic E-state index is 11.5. The van der Waals surface area contributed by atoms with Crippen LogP contribution in [0.15, 0.2) is 18.2 Å². The number of nitrogen functional groups attached to an aromatic ring is 1. The smallest absolute Gasteiger partial charge is 0.315 e. The number of nitrogens with zero attached hydrogens (tertiary/aromatic N) is 2. The molecule has 104 valence electrons. The van der Waals surface area contributed by atoms with Crippen molar-refractivity contribution in [2.24, 2.45) is 0 Å². The Labute approximate surface area is 111 Å². The molecule has 0 amide bonds. The van der Waals surface area contributed by atoms with Crippen LogP contribution in [0.4, 0.5) is 17.1 Å². The van der Waals surface area contributed by atoms with Gasteiger partial charge in [-0.05, 0) is 18.6 Å². The zero-order chi connectivity index (χ0) is 14.2. The van der Waals surface area contributed by atoms with E-state index in [0.29, 0.717) is 12.1 Å². The van der Waals surface area contributed by atoms with Crippen LogP contribution < -0.4 is 10.6 Å². The first-order chi connectivity index (χ1) is 8.82. The molecule has 19 heavy (non-hydrogen) atoms. The first-order valence-electron chi connectivity index (χ1n) is 5.78. The number of hydrogen-bond donors (Lipinski definition) is 1. The molecule has 1 fully saturated rings. The molecule has 1 unspecified atom stereocenters. The molecule has 1 aliphatic heterocycles. The Kier molecular flexibility index (Phi) is 3.36. The van der Waals surface area contributed by atoms with Crippen molar-refractivity contribution in [1.82, 2.24) is 0 Å². The second kappa shape index (κ2) is 4.69. The van der Waals surface area contributed by atoms with Gasteiger partial charge in [-0.1, -0.05) is 6.07 Å². The molecule has 0 aliphatic carbocycles. The lowest BCUT2D eigenvalue weighted by atomic mass is 10.1. The average molecular weight is 285 g/mol. The van der Waals surface area contributed by atoms with Gasteiger partial charge in [-0.2, -0.15) is 0 Å². The third kappa shape index (κ3) is 2.62. The van der Waals surface area contributed by atoms with Crippen LogP contribution in [-0.4, -0.2) is 37.9 Å². The molecule has 0 spiro atoms. The fourth-order valence-corrected chi connectivity index (χ4v) is 4.08. The largest absolute Gasteiger partial charge is 0.393 e. The normalized spacial score (nSPS) is 21.2. The molecule has 1 heterocycles. The Morgan fingerprint density at radius 1 is 1.47 bits per heavy atom. The monoisotopic (exact) mass is 285 g/mol. The first-order valence-corrected chi connectivity index (χ1v) is 7.60.